The molecule has 1 N–H and O–H groups in total. The van der Waals surface area contributed by atoms with E-state index in [1.54, 1.807) is 0 Å². The number of halogens is 1. The molecule has 0 unspecified atom stereocenters. The van der Waals surface area contributed by atoms with Crippen molar-refractivity contribution in [1.29, 1.82) is 0 Å². The molecule has 1 aliphatic rings. The first-order valence-electron chi connectivity index (χ1n) is 7.67. The molecule has 1 saturated heterocycles. The Bertz CT molecular complexity index is 400. The topological polar surface area (TPSA) is 15.3 Å². The van der Waals surface area contributed by atoms with Crippen LogP contribution in [0.15, 0.2) is 28.7 Å². The molecule has 0 aliphatic carbocycles. The maximum absolute atomic E-state index is 3.50. The first-order chi connectivity index (χ1) is 9.45. The van der Waals surface area contributed by atoms with E-state index >= 15 is 0 Å². The molecule has 1 heterocycles. The predicted octanol–water partition coefficient (Wildman–Crippen LogP) is 4.62. The fourth-order valence-electron chi connectivity index (χ4n) is 2.95. The molecule has 0 bridgehead atoms. The molecular weight excluding hydrogens is 312 g/mol. The van der Waals surface area contributed by atoms with E-state index in [4.69, 9.17) is 0 Å². The van der Waals surface area contributed by atoms with Crippen LogP contribution in [0, 0.1) is 11.3 Å². The zero-order valence-corrected chi connectivity index (χ0v) is 14.5. The van der Waals surface area contributed by atoms with Crippen molar-refractivity contribution in [1.82, 2.24) is 4.90 Å². The summed E-state index contributed by atoms with van der Waals surface area (Å²) in [5.74, 6) is 0.887. The summed E-state index contributed by atoms with van der Waals surface area (Å²) in [6.45, 7) is 11.8. The van der Waals surface area contributed by atoms with Crippen LogP contribution in [0.25, 0.3) is 0 Å². The van der Waals surface area contributed by atoms with Gasteiger partial charge in [0.1, 0.15) is 0 Å². The molecule has 1 aliphatic heterocycles. The molecular formula is C17H27BrN2. The lowest BCUT2D eigenvalue weighted by molar-refractivity contribution is 0.115. The lowest BCUT2D eigenvalue weighted by Crippen LogP contribution is -2.40. The zero-order valence-electron chi connectivity index (χ0n) is 13.0. The highest BCUT2D eigenvalue weighted by Gasteiger charge is 2.28. The van der Waals surface area contributed by atoms with Crippen LogP contribution in [0.5, 0.6) is 0 Å². The molecule has 1 aromatic rings. The highest BCUT2D eigenvalue weighted by Crippen LogP contribution is 2.34. The number of rotatable bonds is 4. The fraction of sp³-hybridized carbons (Fsp3) is 0.647. The minimum absolute atomic E-state index is 0.474. The van der Waals surface area contributed by atoms with Crippen LogP contribution in [0.4, 0.5) is 5.69 Å². The van der Waals surface area contributed by atoms with E-state index in [-0.39, 0.29) is 0 Å². The Morgan fingerprint density at radius 1 is 1.15 bits per heavy atom. The maximum atomic E-state index is 3.50. The number of likely N-dealkylation sites (tertiary alicyclic amines) is 1. The Balaban J connectivity index is 1.67. The third-order valence-corrected chi connectivity index (χ3v) is 4.94. The van der Waals surface area contributed by atoms with E-state index in [0.717, 1.165) is 23.5 Å². The van der Waals surface area contributed by atoms with Gasteiger partial charge in [0.15, 0.2) is 0 Å². The third-order valence-electron chi connectivity index (χ3n) is 4.41. The summed E-state index contributed by atoms with van der Waals surface area (Å²) in [5, 5.41) is 3.50. The first-order valence-corrected chi connectivity index (χ1v) is 8.46. The van der Waals surface area contributed by atoms with Gasteiger partial charge in [-0.3, -0.25) is 0 Å². The maximum Gasteiger partial charge on any atom is 0.0341 e. The Hall–Kier alpha value is -0.540. The molecule has 2 rings (SSSR count). The monoisotopic (exact) mass is 338 g/mol. The van der Waals surface area contributed by atoms with Crippen LogP contribution in [0.1, 0.15) is 33.6 Å². The van der Waals surface area contributed by atoms with Crippen LogP contribution in [0.3, 0.4) is 0 Å². The van der Waals surface area contributed by atoms with E-state index in [2.05, 4.69) is 71.2 Å². The Labute approximate surface area is 132 Å². The van der Waals surface area contributed by atoms with Crippen molar-refractivity contribution in [2.24, 2.45) is 11.3 Å². The second-order valence-corrected chi connectivity index (χ2v) is 7.83. The Morgan fingerprint density at radius 3 is 2.30 bits per heavy atom. The Morgan fingerprint density at radius 2 is 1.75 bits per heavy atom. The van der Waals surface area contributed by atoms with Crippen molar-refractivity contribution in [3.05, 3.63) is 28.7 Å². The molecule has 2 nitrogen and oxygen atoms in total. The van der Waals surface area contributed by atoms with Gasteiger partial charge in [-0.05, 0) is 61.5 Å². The van der Waals surface area contributed by atoms with Gasteiger partial charge in [0.05, 0.1) is 0 Å². The van der Waals surface area contributed by atoms with E-state index in [0.29, 0.717) is 5.41 Å². The largest absolute Gasteiger partial charge is 0.384 e. The smallest absolute Gasteiger partial charge is 0.0341 e. The van der Waals surface area contributed by atoms with E-state index in [1.807, 2.05) is 0 Å². The van der Waals surface area contributed by atoms with E-state index in [1.165, 1.54) is 31.6 Å². The summed E-state index contributed by atoms with van der Waals surface area (Å²) in [7, 11) is 0. The number of nitrogens with zero attached hydrogens (tertiary/aromatic N) is 1. The quantitative estimate of drug-likeness (QED) is 0.861. The summed E-state index contributed by atoms with van der Waals surface area (Å²) in [4.78, 5) is 2.59. The molecule has 0 amide bonds. The van der Waals surface area contributed by atoms with Crippen LogP contribution >= 0.6 is 15.9 Å². The molecule has 0 spiro atoms. The predicted molar refractivity (Wildman–Crippen MR) is 91.3 cm³/mol. The van der Waals surface area contributed by atoms with Crippen LogP contribution in [-0.4, -0.2) is 31.1 Å². The zero-order chi connectivity index (χ0) is 14.6. The lowest BCUT2D eigenvalue weighted by atomic mass is 9.75. The molecule has 0 radical (unpaired) electrons. The molecule has 112 valence electrons. The number of hydrogen-bond donors (Lipinski definition) is 1. The van der Waals surface area contributed by atoms with Crippen molar-refractivity contribution < 1.29 is 0 Å². The number of benzene rings is 1. The van der Waals surface area contributed by atoms with Gasteiger partial charge in [0.2, 0.25) is 0 Å². The molecule has 3 heteroatoms. The third kappa shape index (κ3) is 4.78. The number of piperidine rings is 1. The van der Waals surface area contributed by atoms with Gasteiger partial charge in [-0.25, -0.2) is 0 Å². The fourth-order valence-corrected chi connectivity index (χ4v) is 3.21. The molecule has 0 atom stereocenters. The van der Waals surface area contributed by atoms with Crippen molar-refractivity contribution in [3.8, 4) is 0 Å². The minimum atomic E-state index is 0.474. The van der Waals surface area contributed by atoms with Crippen molar-refractivity contribution >= 4 is 21.6 Å². The highest BCUT2D eigenvalue weighted by atomic mass is 79.9. The molecule has 0 aromatic heterocycles. The second kappa shape index (κ2) is 6.95. The second-order valence-electron chi connectivity index (χ2n) is 6.92. The lowest BCUT2D eigenvalue weighted by Gasteiger charge is -2.38. The number of nitrogens with one attached hydrogen (secondary N) is 1. The average molecular weight is 339 g/mol. The van der Waals surface area contributed by atoms with Gasteiger partial charge >= 0.3 is 0 Å². The van der Waals surface area contributed by atoms with E-state index in [9.17, 15) is 0 Å². The van der Waals surface area contributed by atoms with Crippen molar-refractivity contribution in [2.45, 2.75) is 33.6 Å². The molecule has 1 fully saturated rings. The van der Waals surface area contributed by atoms with Crippen molar-refractivity contribution in [3.63, 3.8) is 0 Å². The van der Waals surface area contributed by atoms with Gasteiger partial charge in [0, 0.05) is 23.2 Å². The van der Waals surface area contributed by atoms with Gasteiger partial charge < -0.3 is 10.2 Å². The van der Waals surface area contributed by atoms with Gasteiger partial charge in [0.25, 0.3) is 0 Å². The standard InChI is InChI=1S/C17H27BrN2/c1-17(2,3)14-8-11-20(12-9-14)13-10-19-16-6-4-15(18)5-7-16/h4-7,14,19H,8-13H2,1-3H3. The van der Waals surface area contributed by atoms with E-state index < -0.39 is 0 Å². The van der Waals surface area contributed by atoms with Crippen molar-refractivity contribution in [2.75, 3.05) is 31.5 Å². The van der Waals surface area contributed by atoms with Gasteiger partial charge in [-0.1, -0.05) is 36.7 Å². The average Bonchev–Trinajstić information content (AvgIpc) is 2.41. The Kier molecular flexibility index (Phi) is 5.50. The number of hydrogen-bond acceptors (Lipinski definition) is 2. The molecule has 20 heavy (non-hydrogen) atoms. The molecule has 1 aromatic carbocycles. The van der Waals surface area contributed by atoms with Gasteiger partial charge in [-0.15, -0.1) is 0 Å². The number of anilines is 1. The summed E-state index contributed by atoms with van der Waals surface area (Å²) >= 11 is 3.46. The summed E-state index contributed by atoms with van der Waals surface area (Å²) in [6.07, 6.45) is 2.70. The van der Waals surface area contributed by atoms with Crippen LogP contribution in [0.2, 0.25) is 0 Å². The van der Waals surface area contributed by atoms with Crippen LogP contribution in [-0.2, 0) is 0 Å². The highest BCUT2D eigenvalue weighted by molar-refractivity contribution is 9.10. The minimum Gasteiger partial charge on any atom is -0.384 e. The van der Waals surface area contributed by atoms with Gasteiger partial charge in [-0.2, -0.15) is 0 Å². The summed E-state index contributed by atoms with van der Waals surface area (Å²) in [6, 6.07) is 8.40. The van der Waals surface area contributed by atoms with Crippen LogP contribution < -0.4 is 5.32 Å². The molecule has 0 saturated carbocycles. The SMILES string of the molecule is CC(C)(C)C1CCN(CCNc2ccc(Br)cc2)CC1. The normalized spacial score (nSPS) is 18.2. The first kappa shape index (κ1) is 15.8. The summed E-state index contributed by atoms with van der Waals surface area (Å²) in [5.41, 5.74) is 1.68. The summed E-state index contributed by atoms with van der Waals surface area (Å²) < 4.78 is 1.13.